The minimum atomic E-state index is -0.939. The molecule has 122 valence electrons. The topological polar surface area (TPSA) is 96.9 Å². The summed E-state index contributed by atoms with van der Waals surface area (Å²) in [6, 6.07) is -0.248. The maximum absolute atomic E-state index is 11.5. The third-order valence-corrected chi connectivity index (χ3v) is 3.18. The van der Waals surface area contributed by atoms with Gasteiger partial charge in [0, 0.05) is 19.7 Å². The molecular weight excluding hydrogens is 276 g/mol. The van der Waals surface area contributed by atoms with Crippen LogP contribution in [0.3, 0.4) is 0 Å². The molecule has 2 unspecified atom stereocenters. The number of rotatable bonds is 9. The number of ether oxygens (including phenoxy) is 2. The van der Waals surface area contributed by atoms with Gasteiger partial charge in [0.25, 0.3) is 0 Å². The van der Waals surface area contributed by atoms with Crippen molar-refractivity contribution in [2.24, 2.45) is 0 Å². The molecule has 0 saturated carbocycles. The Bertz CT molecular complexity index is 335. The van der Waals surface area contributed by atoms with Crippen molar-refractivity contribution >= 4 is 12.0 Å². The molecule has 21 heavy (non-hydrogen) atoms. The molecule has 0 aromatic carbocycles. The highest BCUT2D eigenvalue weighted by molar-refractivity contribution is 5.74. The van der Waals surface area contributed by atoms with E-state index in [-0.39, 0.29) is 18.2 Å². The van der Waals surface area contributed by atoms with Crippen LogP contribution in [0.4, 0.5) is 4.79 Å². The highest BCUT2D eigenvalue weighted by atomic mass is 16.5. The molecule has 0 aromatic rings. The molecule has 0 bridgehead atoms. The molecule has 0 aromatic heterocycles. The number of unbranched alkanes of at least 4 members (excludes halogenated alkanes) is 1. The molecule has 7 nitrogen and oxygen atoms in total. The van der Waals surface area contributed by atoms with Crippen LogP contribution in [0.2, 0.25) is 0 Å². The van der Waals surface area contributed by atoms with Crippen LogP contribution in [-0.4, -0.2) is 55.1 Å². The highest BCUT2D eigenvalue weighted by Crippen LogP contribution is 2.19. The van der Waals surface area contributed by atoms with Crippen LogP contribution in [0.1, 0.15) is 39.5 Å². The normalized spacial score (nSPS) is 21.5. The number of aliphatic carboxylic acids is 1. The fourth-order valence-corrected chi connectivity index (χ4v) is 2.05. The molecule has 1 rings (SSSR count). The second kappa shape index (κ2) is 9.57. The molecule has 2 atom stereocenters. The van der Waals surface area contributed by atoms with E-state index in [2.05, 4.69) is 10.6 Å². The van der Waals surface area contributed by atoms with Crippen molar-refractivity contribution in [3.63, 3.8) is 0 Å². The molecule has 0 radical (unpaired) electrons. The minimum Gasteiger partial charge on any atom is -0.479 e. The summed E-state index contributed by atoms with van der Waals surface area (Å²) in [5.74, 6) is -0.939. The molecule has 2 amide bonds. The summed E-state index contributed by atoms with van der Waals surface area (Å²) in [5, 5.41) is 14.2. The van der Waals surface area contributed by atoms with Crippen molar-refractivity contribution in [3.8, 4) is 0 Å². The van der Waals surface area contributed by atoms with Crippen molar-refractivity contribution in [1.29, 1.82) is 0 Å². The number of carboxylic acid groups (broad SMARTS) is 1. The summed E-state index contributed by atoms with van der Waals surface area (Å²) in [7, 11) is 0. The first-order valence-electron chi connectivity index (χ1n) is 7.50. The number of carboxylic acids is 1. The zero-order valence-electron chi connectivity index (χ0n) is 12.8. The third kappa shape index (κ3) is 7.87. The first-order valence-corrected chi connectivity index (χ1v) is 7.50. The van der Waals surface area contributed by atoms with Gasteiger partial charge in [-0.1, -0.05) is 0 Å². The monoisotopic (exact) mass is 302 g/mol. The van der Waals surface area contributed by atoms with E-state index in [0.717, 1.165) is 12.8 Å². The van der Waals surface area contributed by atoms with Gasteiger partial charge in [-0.05, 0) is 39.5 Å². The number of urea groups is 1. The largest absolute Gasteiger partial charge is 0.479 e. The van der Waals surface area contributed by atoms with E-state index in [9.17, 15) is 9.59 Å². The van der Waals surface area contributed by atoms with Gasteiger partial charge in [-0.25, -0.2) is 9.59 Å². The van der Waals surface area contributed by atoms with Crippen LogP contribution in [0.25, 0.3) is 0 Å². The molecular formula is C14H26N2O5. The molecule has 0 aliphatic carbocycles. The quantitative estimate of drug-likeness (QED) is 0.555. The van der Waals surface area contributed by atoms with Gasteiger partial charge >= 0.3 is 12.0 Å². The maximum Gasteiger partial charge on any atom is 0.332 e. The predicted octanol–water partition coefficient (Wildman–Crippen LogP) is 1.12. The SMILES string of the molecule is CC(C)OCCCCNC(=O)NCC1CCC(C(=O)O)O1. The Balaban J connectivity index is 1.98. The Morgan fingerprint density at radius 2 is 2.05 bits per heavy atom. The van der Waals surface area contributed by atoms with Crippen LogP contribution in [0.5, 0.6) is 0 Å². The third-order valence-electron chi connectivity index (χ3n) is 3.18. The van der Waals surface area contributed by atoms with Crippen LogP contribution in [-0.2, 0) is 14.3 Å². The molecule has 1 aliphatic rings. The summed E-state index contributed by atoms with van der Waals surface area (Å²) in [6.07, 6.45) is 2.22. The highest BCUT2D eigenvalue weighted by Gasteiger charge is 2.30. The molecule has 1 heterocycles. The van der Waals surface area contributed by atoms with Gasteiger partial charge in [-0.15, -0.1) is 0 Å². The number of carbonyl (C=O) groups excluding carboxylic acids is 1. The van der Waals surface area contributed by atoms with Gasteiger partial charge in [0.2, 0.25) is 0 Å². The lowest BCUT2D eigenvalue weighted by Crippen LogP contribution is -2.40. The van der Waals surface area contributed by atoms with Gasteiger partial charge in [0.1, 0.15) is 0 Å². The second-order valence-electron chi connectivity index (χ2n) is 5.43. The van der Waals surface area contributed by atoms with E-state index in [0.29, 0.717) is 32.5 Å². The average molecular weight is 302 g/mol. The van der Waals surface area contributed by atoms with Crippen molar-refractivity contribution in [2.75, 3.05) is 19.7 Å². The number of carbonyl (C=O) groups is 2. The second-order valence-corrected chi connectivity index (χ2v) is 5.43. The number of hydrogen-bond acceptors (Lipinski definition) is 4. The van der Waals surface area contributed by atoms with Crippen molar-refractivity contribution in [2.45, 2.75) is 57.8 Å². The zero-order chi connectivity index (χ0) is 15.7. The standard InChI is InChI=1S/C14H26N2O5/c1-10(2)20-8-4-3-7-15-14(19)16-9-11-5-6-12(21-11)13(17)18/h10-12H,3-9H2,1-2H3,(H,17,18)(H2,15,16,19). The lowest BCUT2D eigenvalue weighted by molar-refractivity contribution is -0.149. The van der Waals surface area contributed by atoms with Crippen LogP contribution in [0, 0.1) is 0 Å². The van der Waals surface area contributed by atoms with E-state index in [1.54, 1.807) is 0 Å². The average Bonchev–Trinajstić information content (AvgIpc) is 2.89. The summed E-state index contributed by atoms with van der Waals surface area (Å²) in [6.45, 7) is 5.62. The maximum atomic E-state index is 11.5. The summed E-state index contributed by atoms with van der Waals surface area (Å²) in [5.41, 5.74) is 0. The van der Waals surface area contributed by atoms with Crippen LogP contribution < -0.4 is 10.6 Å². The van der Waals surface area contributed by atoms with Gasteiger partial charge < -0.3 is 25.2 Å². The van der Waals surface area contributed by atoms with Crippen molar-refractivity contribution < 1.29 is 24.2 Å². The molecule has 1 saturated heterocycles. The Hall–Kier alpha value is -1.34. The minimum absolute atomic E-state index is 0.212. The first-order chi connectivity index (χ1) is 9.99. The number of nitrogens with one attached hydrogen (secondary N) is 2. The predicted molar refractivity (Wildman–Crippen MR) is 77.3 cm³/mol. The number of amides is 2. The lowest BCUT2D eigenvalue weighted by atomic mass is 10.2. The van der Waals surface area contributed by atoms with Gasteiger partial charge in [0.05, 0.1) is 12.2 Å². The lowest BCUT2D eigenvalue weighted by Gasteiger charge is -2.13. The number of hydrogen-bond donors (Lipinski definition) is 3. The Kier molecular flexibility index (Phi) is 8.07. The van der Waals surface area contributed by atoms with Crippen LogP contribution >= 0.6 is 0 Å². The Morgan fingerprint density at radius 1 is 1.29 bits per heavy atom. The first kappa shape index (κ1) is 17.7. The van der Waals surface area contributed by atoms with E-state index < -0.39 is 12.1 Å². The van der Waals surface area contributed by atoms with Gasteiger partial charge in [-0.2, -0.15) is 0 Å². The summed E-state index contributed by atoms with van der Waals surface area (Å²) >= 11 is 0. The molecule has 1 aliphatic heterocycles. The smallest absolute Gasteiger partial charge is 0.332 e. The fraction of sp³-hybridized carbons (Fsp3) is 0.857. The molecule has 1 fully saturated rings. The molecule has 0 spiro atoms. The van der Waals surface area contributed by atoms with Crippen molar-refractivity contribution in [3.05, 3.63) is 0 Å². The van der Waals surface area contributed by atoms with E-state index in [4.69, 9.17) is 14.6 Å². The van der Waals surface area contributed by atoms with Gasteiger partial charge in [0.15, 0.2) is 6.10 Å². The Labute approximate surface area is 125 Å². The zero-order valence-corrected chi connectivity index (χ0v) is 12.8. The van der Waals surface area contributed by atoms with Gasteiger partial charge in [-0.3, -0.25) is 0 Å². The Morgan fingerprint density at radius 3 is 2.67 bits per heavy atom. The van der Waals surface area contributed by atoms with E-state index in [1.165, 1.54) is 0 Å². The van der Waals surface area contributed by atoms with E-state index in [1.807, 2.05) is 13.8 Å². The van der Waals surface area contributed by atoms with Crippen LogP contribution in [0.15, 0.2) is 0 Å². The summed E-state index contributed by atoms with van der Waals surface area (Å²) in [4.78, 5) is 22.3. The van der Waals surface area contributed by atoms with E-state index >= 15 is 0 Å². The molecule has 3 N–H and O–H groups in total. The van der Waals surface area contributed by atoms with Crippen molar-refractivity contribution in [1.82, 2.24) is 10.6 Å². The summed E-state index contributed by atoms with van der Waals surface area (Å²) < 4.78 is 10.7. The molecule has 7 heteroatoms. The fourth-order valence-electron chi connectivity index (χ4n) is 2.05.